The lowest BCUT2D eigenvalue weighted by molar-refractivity contribution is -0.138. The van der Waals surface area contributed by atoms with Gasteiger partial charge in [-0.05, 0) is 30.5 Å². The molecule has 0 radical (unpaired) electrons. The van der Waals surface area contributed by atoms with Gasteiger partial charge in [-0.15, -0.1) is 0 Å². The van der Waals surface area contributed by atoms with Crippen molar-refractivity contribution >= 4 is 22.6 Å². The molecular weight excluding hydrogens is 285 g/mol. The smallest absolute Gasteiger partial charge is 0.335 e. The number of nitrogens with zero attached hydrogens (tertiary/aromatic N) is 1. The number of hydrogen-bond donors (Lipinski definition) is 1. The topological polar surface area (TPSA) is 24.4 Å². The number of aliphatic imine (C=N–C) groups is 1. The van der Waals surface area contributed by atoms with Crippen LogP contribution in [0.25, 0.3) is 0 Å². The summed E-state index contributed by atoms with van der Waals surface area (Å²) in [5.41, 5.74) is 0.0502. The van der Waals surface area contributed by atoms with Crippen LogP contribution in [0.2, 0.25) is 0 Å². The van der Waals surface area contributed by atoms with Crippen molar-refractivity contribution in [1.29, 1.82) is 0 Å². The molecule has 2 rings (SSSR count). The highest BCUT2D eigenvalue weighted by Crippen LogP contribution is 2.34. The summed E-state index contributed by atoms with van der Waals surface area (Å²) < 4.78 is 38.5. The van der Waals surface area contributed by atoms with Crippen molar-refractivity contribution < 1.29 is 13.2 Å². The molecule has 0 bridgehead atoms. The fraction of sp³-hybridized carbons (Fsp3) is 0.500. The van der Waals surface area contributed by atoms with Crippen LogP contribution in [-0.2, 0) is 6.18 Å². The molecule has 0 saturated heterocycles. The van der Waals surface area contributed by atoms with Gasteiger partial charge in [0, 0.05) is 11.4 Å². The average Bonchev–Trinajstić information content (AvgIpc) is 2.79. The van der Waals surface area contributed by atoms with Gasteiger partial charge < -0.3 is 5.32 Å². The number of anilines is 1. The Kier molecular flexibility index (Phi) is 4.32. The van der Waals surface area contributed by atoms with E-state index in [0.717, 1.165) is 11.8 Å². The minimum absolute atomic E-state index is 0.226. The molecule has 6 heteroatoms. The molecule has 1 unspecified atom stereocenters. The molecule has 1 aromatic rings. The second-order valence-electron chi connectivity index (χ2n) is 5.21. The van der Waals surface area contributed by atoms with Gasteiger partial charge in [-0.25, -0.2) is 0 Å². The van der Waals surface area contributed by atoms with Gasteiger partial charge in [0.2, 0.25) is 0 Å². The molecule has 0 spiro atoms. The summed E-state index contributed by atoms with van der Waals surface area (Å²) in [7, 11) is 0. The van der Waals surface area contributed by atoms with E-state index in [1.165, 1.54) is 13.0 Å². The predicted octanol–water partition coefficient (Wildman–Crippen LogP) is 4.55. The van der Waals surface area contributed by atoms with Crippen LogP contribution in [0.5, 0.6) is 0 Å². The molecule has 0 aliphatic carbocycles. The van der Waals surface area contributed by atoms with Gasteiger partial charge in [0.05, 0.1) is 11.6 Å². The number of rotatable bonds is 2. The third-order valence-electron chi connectivity index (χ3n) is 3.24. The molecule has 1 aromatic carbocycles. The Morgan fingerprint density at radius 3 is 2.60 bits per heavy atom. The number of thioether (sulfide) groups is 1. The van der Waals surface area contributed by atoms with Crippen LogP contribution in [0.15, 0.2) is 23.2 Å². The van der Waals surface area contributed by atoms with E-state index in [2.05, 4.69) is 24.2 Å². The number of amidine groups is 1. The Morgan fingerprint density at radius 2 is 2.05 bits per heavy atom. The molecule has 1 aliphatic heterocycles. The van der Waals surface area contributed by atoms with Crippen molar-refractivity contribution in [2.24, 2.45) is 10.9 Å². The number of nitrogens with one attached hydrogen (secondary N) is 1. The standard InChI is InChI=1S/C14H17F3N2S/c1-8(2)12-7-20-13(19-12)18-10-5-4-9(3)11(6-10)14(15,16)17/h4-6,8,12H,7H2,1-3H3,(H,18,19). The molecule has 0 amide bonds. The summed E-state index contributed by atoms with van der Waals surface area (Å²) >= 11 is 1.55. The van der Waals surface area contributed by atoms with E-state index in [4.69, 9.17) is 0 Å². The van der Waals surface area contributed by atoms with Crippen molar-refractivity contribution in [2.45, 2.75) is 33.0 Å². The highest BCUT2D eigenvalue weighted by molar-refractivity contribution is 8.14. The second kappa shape index (κ2) is 5.68. The van der Waals surface area contributed by atoms with E-state index < -0.39 is 11.7 Å². The van der Waals surface area contributed by atoms with Crippen LogP contribution in [0, 0.1) is 12.8 Å². The minimum atomic E-state index is -4.33. The monoisotopic (exact) mass is 302 g/mol. The fourth-order valence-electron chi connectivity index (χ4n) is 1.93. The van der Waals surface area contributed by atoms with E-state index in [0.29, 0.717) is 16.8 Å². The molecule has 20 heavy (non-hydrogen) atoms. The van der Waals surface area contributed by atoms with Crippen LogP contribution >= 0.6 is 11.8 Å². The summed E-state index contributed by atoms with van der Waals surface area (Å²) in [5, 5.41) is 3.67. The van der Waals surface area contributed by atoms with Gasteiger partial charge >= 0.3 is 6.18 Å². The Balaban J connectivity index is 2.17. The van der Waals surface area contributed by atoms with Gasteiger partial charge in [-0.3, -0.25) is 4.99 Å². The largest absolute Gasteiger partial charge is 0.416 e. The molecule has 1 N–H and O–H groups in total. The van der Waals surface area contributed by atoms with Crippen LogP contribution in [0.4, 0.5) is 18.9 Å². The highest BCUT2D eigenvalue weighted by Gasteiger charge is 2.32. The minimum Gasteiger partial charge on any atom is -0.335 e. The third-order valence-corrected chi connectivity index (χ3v) is 4.23. The summed E-state index contributed by atoms with van der Waals surface area (Å²) in [6, 6.07) is 4.50. The number of benzene rings is 1. The van der Waals surface area contributed by atoms with E-state index in [1.807, 2.05) is 0 Å². The van der Waals surface area contributed by atoms with Gasteiger partial charge in [0.1, 0.15) is 0 Å². The summed E-state index contributed by atoms with van der Waals surface area (Å²) in [6.45, 7) is 5.64. The lowest BCUT2D eigenvalue weighted by atomic mass is 10.1. The first-order chi connectivity index (χ1) is 9.27. The zero-order valence-corrected chi connectivity index (χ0v) is 12.4. The molecule has 1 heterocycles. The first kappa shape index (κ1) is 15.2. The van der Waals surface area contributed by atoms with Crippen LogP contribution in [0.3, 0.4) is 0 Å². The molecule has 2 nitrogen and oxygen atoms in total. The van der Waals surface area contributed by atoms with Gasteiger partial charge in [0.25, 0.3) is 0 Å². The molecule has 1 aliphatic rings. The van der Waals surface area contributed by atoms with E-state index in [9.17, 15) is 13.2 Å². The maximum Gasteiger partial charge on any atom is 0.416 e. The summed E-state index contributed by atoms with van der Waals surface area (Å²) in [5.74, 6) is 1.31. The Hall–Kier alpha value is -1.17. The van der Waals surface area contributed by atoms with Crippen LogP contribution in [0.1, 0.15) is 25.0 Å². The zero-order chi connectivity index (χ0) is 14.9. The van der Waals surface area contributed by atoms with Crippen LogP contribution < -0.4 is 5.32 Å². The van der Waals surface area contributed by atoms with Crippen molar-refractivity contribution in [3.63, 3.8) is 0 Å². The molecule has 0 fully saturated rings. The summed E-state index contributed by atoms with van der Waals surface area (Å²) in [4.78, 5) is 4.48. The lowest BCUT2D eigenvalue weighted by Crippen LogP contribution is -2.12. The lowest BCUT2D eigenvalue weighted by Gasteiger charge is -2.13. The van der Waals surface area contributed by atoms with E-state index in [-0.39, 0.29) is 11.6 Å². The molecular formula is C14H17F3N2S. The number of aryl methyl sites for hydroxylation is 1. The molecule has 110 valence electrons. The normalized spacial score (nSPS) is 19.4. The fourth-order valence-corrected chi connectivity index (χ4v) is 3.12. The molecule has 1 atom stereocenters. The van der Waals surface area contributed by atoms with Crippen molar-refractivity contribution in [2.75, 3.05) is 11.1 Å². The first-order valence-corrected chi connectivity index (χ1v) is 7.41. The van der Waals surface area contributed by atoms with Gasteiger partial charge in [-0.1, -0.05) is 31.7 Å². The van der Waals surface area contributed by atoms with Crippen molar-refractivity contribution in [1.82, 2.24) is 0 Å². The Labute approximate surface area is 120 Å². The van der Waals surface area contributed by atoms with E-state index in [1.54, 1.807) is 17.8 Å². The first-order valence-electron chi connectivity index (χ1n) is 6.43. The maximum absolute atomic E-state index is 12.8. The Bertz CT molecular complexity index is 524. The van der Waals surface area contributed by atoms with Crippen molar-refractivity contribution in [3.8, 4) is 0 Å². The maximum atomic E-state index is 12.8. The van der Waals surface area contributed by atoms with Gasteiger partial charge in [0.15, 0.2) is 5.17 Å². The Morgan fingerprint density at radius 1 is 1.35 bits per heavy atom. The second-order valence-corrected chi connectivity index (χ2v) is 6.22. The number of halogens is 3. The zero-order valence-electron chi connectivity index (χ0n) is 11.6. The SMILES string of the molecule is Cc1ccc(NC2=NC(C(C)C)CS2)cc1C(F)(F)F. The highest BCUT2D eigenvalue weighted by atomic mass is 32.2. The van der Waals surface area contributed by atoms with Crippen molar-refractivity contribution in [3.05, 3.63) is 29.3 Å². The van der Waals surface area contributed by atoms with E-state index >= 15 is 0 Å². The molecule has 0 saturated carbocycles. The third kappa shape index (κ3) is 3.48. The number of hydrogen-bond acceptors (Lipinski definition) is 3. The van der Waals surface area contributed by atoms with Crippen LogP contribution in [-0.4, -0.2) is 17.0 Å². The average molecular weight is 302 g/mol. The summed E-state index contributed by atoms with van der Waals surface area (Å²) in [6.07, 6.45) is -4.33. The quantitative estimate of drug-likeness (QED) is 0.866. The predicted molar refractivity (Wildman–Crippen MR) is 78.3 cm³/mol. The van der Waals surface area contributed by atoms with Gasteiger partial charge in [-0.2, -0.15) is 13.2 Å². The number of alkyl halides is 3. The molecule has 0 aromatic heterocycles.